The summed E-state index contributed by atoms with van der Waals surface area (Å²) in [4.78, 5) is 42.3. The number of aryl methyl sites for hydroxylation is 2. The molecule has 0 saturated carbocycles. The van der Waals surface area contributed by atoms with E-state index in [0.29, 0.717) is 36.4 Å². The van der Waals surface area contributed by atoms with E-state index in [1.165, 1.54) is 0 Å². The van der Waals surface area contributed by atoms with E-state index in [9.17, 15) is 14.4 Å². The maximum Gasteiger partial charge on any atom is 0.408 e. The van der Waals surface area contributed by atoms with Gasteiger partial charge in [0.15, 0.2) is 0 Å². The number of anilines is 1. The van der Waals surface area contributed by atoms with Gasteiger partial charge in [-0.3, -0.25) is 9.59 Å². The lowest BCUT2D eigenvalue weighted by Gasteiger charge is -2.34. The van der Waals surface area contributed by atoms with Crippen LogP contribution in [0.5, 0.6) is 0 Å². The molecule has 2 atom stereocenters. The molecule has 0 heterocycles. The van der Waals surface area contributed by atoms with Crippen molar-refractivity contribution in [3.05, 3.63) is 65.2 Å². The summed E-state index contributed by atoms with van der Waals surface area (Å²) in [5.74, 6) is 0.0654. The summed E-state index contributed by atoms with van der Waals surface area (Å²) in [7, 11) is 0. The molecular formula is C30H43N3O4S. The average molecular weight is 542 g/mol. The number of ether oxygens (including phenoxy) is 1. The van der Waals surface area contributed by atoms with Crippen LogP contribution in [0, 0.1) is 13.8 Å². The first-order valence-corrected chi connectivity index (χ1v) is 14.6. The number of unbranched alkanes of at least 4 members (excludes halogenated alkanes) is 1. The second kappa shape index (κ2) is 14.8. The largest absolute Gasteiger partial charge is 0.444 e. The molecule has 0 aliphatic carbocycles. The normalized spacial score (nSPS) is 12.8. The van der Waals surface area contributed by atoms with Crippen LogP contribution < -0.4 is 10.6 Å². The fourth-order valence-corrected chi connectivity index (χ4v) is 4.45. The number of carbonyl (C=O) groups excluding carboxylic acids is 3. The minimum atomic E-state index is -0.869. The highest BCUT2D eigenvalue weighted by atomic mass is 32.2. The highest BCUT2D eigenvalue weighted by molar-refractivity contribution is 7.98. The molecule has 0 aliphatic rings. The summed E-state index contributed by atoms with van der Waals surface area (Å²) in [5, 5.41) is 5.82. The third kappa shape index (κ3) is 9.71. The molecule has 0 fully saturated rings. The molecule has 0 aromatic heterocycles. The zero-order valence-electron chi connectivity index (χ0n) is 23.8. The number of benzene rings is 2. The van der Waals surface area contributed by atoms with E-state index >= 15 is 0 Å². The zero-order chi connectivity index (χ0) is 28.3. The van der Waals surface area contributed by atoms with Gasteiger partial charge in [0.25, 0.3) is 5.91 Å². The van der Waals surface area contributed by atoms with Gasteiger partial charge >= 0.3 is 6.09 Å². The van der Waals surface area contributed by atoms with Crippen LogP contribution in [0.3, 0.4) is 0 Å². The first kappa shape index (κ1) is 31.2. The lowest BCUT2D eigenvalue weighted by atomic mass is 10.00. The minimum absolute atomic E-state index is 0.298. The molecule has 2 N–H and O–H groups in total. The van der Waals surface area contributed by atoms with Gasteiger partial charge in [0.1, 0.15) is 17.7 Å². The Balaban J connectivity index is 2.50. The number of rotatable bonds is 12. The summed E-state index contributed by atoms with van der Waals surface area (Å²) < 4.78 is 5.45. The van der Waals surface area contributed by atoms with Crippen molar-refractivity contribution in [3.63, 3.8) is 0 Å². The van der Waals surface area contributed by atoms with Gasteiger partial charge in [0, 0.05) is 12.2 Å². The Hall–Kier alpha value is -3.00. The van der Waals surface area contributed by atoms with E-state index in [0.717, 1.165) is 17.5 Å². The molecule has 2 unspecified atom stereocenters. The van der Waals surface area contributed by atoms with Crippen LogP contribution in [0.25, 0.3) is 0 Å². The summed E-state index contributed by atoms with van der Waals surface area (Å²) in [6, 6.07) is 13.5. The second-order valence-corrected chi connectivity index (χ2v) is 11.5. The Morgan fingerprint density at radius 1 is 1.03 bits per heavy atom. The van der Waals surface area contributed by atoms with Crippen molar-refractivity contribution >= 4 is 35.4 Å². The molecular weight excluding hydrogens is 498 g/mol. The van der Waals surface area contributed by atoms with Crippen molar-refractivity contribution in [2.75, 3.05) is 23.9 Å². The quantitative estimate of drug-likeness (QED) is 0.331. The van der Waals surface area contributed by atoms with Gasteiger partial charge in [-0.05, 0) is 76.7 Å². The number of nitrogens with one attached hydrogen (secondary N) is 2. The molecule has 208 valence electrons. The molecule has 0 bridgehead atoms. The predicted octanol–water partition coefficient (Wildman–Crippen LogP) is 6.26. The lowest BCUT2D eigenvalue weighted by molar-refractivity contribution is -0.141. The highest BCUT2D eigenvalue weighted by Crippen LogP contribution is 2.27. The summed E-state index contributed by atoms with van der Waals surface area (Å²) >= 11 is 1.59. The number of carbonyl (C=O) groups is 3. The van der Waals surface area contributed by atoms with Crippen LogP contribution in [0.15, 0.2) is 48.5 Å². The van der Waals surface area contributed by atoms with Crippen LogP contribution in [0.4, 0.5) is 10.5 Å². The maximum absolute atomic E-state index is 14.1. The number of alkyl carbamates (subject to hydrolysis) is 1. The fourth-order valence-electron chi connectivity index (χ4n) is 3.97. The van der Waals surface area contributed by atoms with E-state index in [-0.39, 0.29) is 11.8 Å². The topological polar surface area (TPSA) is 87.7 Å². The van der Waals surface area contributed by atoms with Crippen molar-refractivity contribution in [3.8, 4) is 0 Å². The summed E-state index contributed by atoms with van der Waals surface area (Å²) in [5.41, 5.74) is 2.70. The molecule has 2 aromatic rings. The standard InChI is InChI=1S/C30H43N3O4S/c1-8-9-19-33(28(35)25(18-20-38-7)32-29(36)37-30(4,5)6)26(23-16-14-21(2)15-17-23)27(34)31-24-13-11-10-12-22(24)3/h10-17,25-26H,8-9,18-20H2,1-7H3,(H,31,34)(H,32,36). The summed E-state index contributed by atoms with van der Waals surface area (Å²) in [6.07, 6.45) is 3.28. The van der Waals surface area contributed by atoms with Crippen LogP contribution in [-0.2, 0) is 14.3 Å². The monoisotopic (exact) mass is 541 g/mol. The number of hydrogen-bond acceptors (Lipinski definition) is 5. The van der Waals surface area contributed by atoms with E-state index < -0.39 is 23.8 Å². The number of thioether (sulfide) groups is 1. The Labute approximate surface area is 232 Å². The fraction of sp³-hybridized carbons (Fsp3) is 0.500. The molecule has 8 heteroatoms. The third-order valence-corrected chi connectivity index (χ3v) is 6.64. The SMILES string of the molecule is CCCCN(C(=O)C(CCSC)NC(=O)OC(C)(C)C)C(C(=O)Nc1ccccc1C)c1ccc(C)cc1. The van der Waals surface area contributed by atoms with Crippen LogP contribution in [0.2, 0.25) is 0 Å². The minimum Gasteiger partial charge on any atom is -0.444 e. The van der Waals surface area contributed by atoms with Crippen LogP contribution in [-0.4, -0.2) is 53.0 Å². The average Bonchev–Trinajstić information content (AvgIpc) is 2.85. The van der Waals surface area contributed by atoms with Crippen molar-refractivity contribution < 1.29 is 19.1 Å². The van der Waals surface area contributed by atoms with E-state index in [1.54, 1.807) is 37.4 Å². The van der Waals surface area contributed by atoms with Crippen molar-refractivity contribution in [2.45, 2.75) is 78.5 Å². The molecule has 2 rings (SSSR count). The Kier molecular flexibility index (Phi) is 12.2. The molecule has 0 saturated heterocycles. The van der Waals surface area contributed by atoms with Gasteiger partial charge in [-0.2, -0.15) is 11.8 Å². The van der Waals surface area contributed by atoms with Crippen molar-refractivity contribution in [2.24, 2.45) is 0 Å². The molecule has 3 amide bonds. The lowest BCUT2D eigenvalue weighted by Crippen LogP contribution is -2.52. The van der Waals surface area contributed by atoms with E-state index in [4.69, 9.17) is 4.74 Å². The van der Waals surface area contributed by atoms with Gasteiger partial charge in [-0.1, -0.05) is 61.4 Å². The number of hydrogen-bond donors (Lipinski definition) is 2. The van der Waals surface area contributed by atoms with E-state index in [1.807, 2.05) is 75.6 Å². The van der Waals surface area contributed by atoms with Crippen LogP contribution in [0.1, 0.15) is 69.7 Å². The van der Waals surface area contributed by atoms with E-state index in [2.05, 4.69) is 10.6 Å². The Bertz CT molecular complexity index is 1070. The molecule has 0 spiro atoms. The molecule has 2 aromatic carbocycles. The van der Waals surface area contributed by atoms with Gasteiger partial charge in [-0.15, -0.1) is 0 Å². The molecule has 0 aliphatic heterocycles. The smallest absolute Gasteiger partial charge is 0.408 e. The number of para-hydroxylation sites is 1. The van der Waals surface area contributed by atoms with Gasteiger partial charge in [0.05, 0.1) is 0 Å². The Morgan fingerprint density at radius 3 is 2.26 bits per heavy atom. The summed E-state index contributed by atoms with van der Waals surface area (Å²) in [6.45, 7) is 11.7. The molecule has 7 nitrogen and oxygen atoms in total. The van der Waals surface area contributed by atoms with Crippen LogP contribution >= 0.6 is 11.8 Å². The predicted molar refractivity (Wildman–Crippen MR) is 157 cm³/mol. The van der Waals surface area contributed by atoms with Crippen molar-refractivity contribution in [1.82, 2.24) is 10.2 Å². The number of nitrogens with zero attached hydrogens (tertiary/aromatic N) is 1. The Morgan fingerprint density at radius 2 is 1.68 bits per heavy atom. The molecule has 0 radical (unpaired) electrons. The second-order valence-electron chi connectivity index (χ2n) is 10.5. The highest BCUT2D eigenvalue weighted by Gasteiger charge is 2.36. The third-order valence-electron chi connectivity index (χ3n) is 5.99. The van der Waals surface area contributed by atoms with Gasteiger partial charge in [-0.25, -0.2) is 4.79 Å². The number of amides is 3. The van der Waals surface area contributed by atoms with Crippen molar-refractivity contribution in [1.29, 1.82) is 0 Å². The van der Waals surface area contributed by atoms with Gasteiger partial charge in [0.2, 0.25) is 5.91 Å². The molecule has 38 heavy (non-hydrogen) atoms. The first-order chi connectivity index (χ1) is 18.0. The van der Waals surface area contributed by atoms with Gasteiger partial charge < -0.3 is 20.3 Å². The zero-order valence-corrected chi connectivity index (χ0v) is 24.6. The first-order valence-electron chi connectivity index (χ1n) is 13.2. The maximum atomic E-state index is 14.1.